The van der Waals surface area contributed by atoms with Gasteiger partial charge in [-0.05, 0) is 44.1 Å². The van der Waals surface area contributed by atoms with Gasteiger partial charge < -0.3 is 20.1 Å². The minimum atomic E-state index is -4.43. The number of carbonyl (C=O) groups excluding carboxylic acids is 2. The Kier molecular flexibility index (Phi) is 5.53. The molecule has 5 rings (SSSR count). The Morgan fingerprint density at radius 3 is 2.76 bits per heavy atom. The Morgan fingerprint density at radius 1 is 1.29 bits per heavy atom. The molecule has 0 spiro atoms. The number of amides is 2. The molecule has 13 heteroatoms. The van der Waals surface area contributed by atoms with E-state index in [2.05, 4.69) is 30.7 Å². The zero-order valence-corrected chi connectivity index (χ0v) is 18.4. The molecular weight excluding hydrogens is 457 g/mol. The number of aromatic nitrogens is 4. The second-order valence-corrected chi connectivity index (χ2v) is 9.34. The lowest BCUT2D eigenvalue weighted by Crippen LogP contribution is -2.33. The van der Waals surface area contributed by atoms with Crippen LogP contribution in [-0.2, 0) is 23.1 Å². The molecule has 2 unspecified atom stereocenters. The van der Waals surface area contributed by atoms with Crippen LogP contribution in [-0.4, -0.2) is 56.4 Å². The van der Waals surface area contributed by atoms with Crippen molar-refractivity contribution in [3.8, 4) is 0 Å². The Balaban J connectivity index is 1.11. The van der Waals surface area contributed by atoms with Gasteiger partial charge in [0.2, 0.25) is 0 Å². The third kappa shape index (κ3) is 5.03. The molecule has 0 aliphatic heterocycles. The summed E-state index contributed by atoms with van der Waals surface area (Å²) in [7, 11) is 1.51. The van der Waals surface area contributed by atoms with E-state index in [0.29, 0.717) is 18.2 Å². The van der Waals surface area contributed by atoms with Crippen LogP contribution in [0.2, 0.25) is 0 Å². The van der Waals surface area contributed by atoms with Crippen LogP contribution >= 0.6 is 0 Å². The first-order valence-corrected chi connectivity index (χ1v) is 11.1. The van der Waals surface area contributed by atoms with Gasteiger partial charge in [0, 0.05) is 30.3 Å². The molecule has 2 aromatic heterocycles. The molecule has 0 saturated heterocycles. The van der Waals surface area contributed by atoms with Crippen molar-refractivity contribution in [1.29, 1.82) is 0 Å². The molecule has 3 aliphatic carbocycles. The van der Waals surface area contributed by atoms with Crippen molar-refractivity contribution in [2.45, 2.75) is 62.4 Å². The van der Waals surface area contributed by atoms with Crippen molar-refractivity contribution < 1.29 is 32.2 Å². The van der Waals surface area contributed by atoms with Crippen LogP contribution in [0.3, 0.4) is 0 Å². The van der Waals surface area contributed by atoms with Gasteiger partial charge in [0.1, 0.15) is 18.4 Å². The number of carbonyl (C=O) groups is 2. The summed E-state index contributed by atoms with van der Waals surface area (Å²) in [6, 6.07) is 3.10. The van der Waals surface area contributed by atoms with E-state index in [9.17, 15) is 22.8 Å². The van der Waals surface area contributed by atoms with Crippen LogP contribution in [0.4, 0.5) is 23.8 Å². The van der Waals surface area contributed by atoms with Gasteiger partial charge in [-0.15, -0.1) is 0 Å². The number of anilines is 1. The highest BCUT2D eigenvalue weighted by Gasteiger charge is 2.71. The van der Waals surface area contributed by atoms with Gasteiger partial charge in [0.15, 0.2) is 5.82 Å². The first kappa shape index (κ1) is 22.7. The van der Waals surface area contributed by atoms with Crippen molar-refractivity contribution in [3.63, 3.8) is 0 Å². The third-order valence-corrected chi connectivity index (χ3v) is 6.65. The molecule has 3 fully saturated rings. The van der Waals surface area contributed by atoms with Gasteiger partial charge in [-0.3, -0.25) is 14.6 Å². The van der Waals surface area contributed by atoms with E-state index >= 15 is 0 Å². The number of aromatic amines is 1. The van der Waals surface area contributed by atoms with E-state index < -0.39 is 18.7 Å². The number of rotatable bonds is 8. The van der Waals surface area contributed by atoms with Crippen molar-refractivity contribution >= 4 is 17.8 Å². The minimum Gasteiger partial charge on any atom is -0.446 e. The number of aryl methyl sites for hydroxylation is 1. The predicted octanol–water partition coefficient (Wildman–Crippen LogP) is 3.00. The molecule has 0 radical (unpaired) electrons. The summed E-state index contributed by atoms with van der Waals surface area (Å²) in [5, 5.41) is 16.7. The van der Waals surface area contributed by atoms with Crippen molar-refractivity contribution in [1.82, 2.24) is 25.3 Å². The number of hydrogen-bond donors (Lipinski definition) is 3. The summed E-state index contributed by atoms with van der Waals surface area (Å²) in [6.45, 7) is -1.75. The quantitative estimate of drug-likeness (QED) is 0.532. The number of hydrogen-bond acceptors (Lipinski definition) is 6. The van der Waals surface area contributed by atoms with E-state index in [4.69, 9.17) is 4.74 Å². The van der Waals surface area contributed by atoms with Crippen LogP contribution in [0.15, 0.2) is 12.1 Å². The van der Waals surface area contributed by atoms with Gasteiger partial charge in [0.05, 0.1) is 12.3 Å². The van der Waals surface area contributed by atoms with Gasteiger partial charge in [-0.25, -0.2) is 4.79 Å². The van der Waals surface area contributed by atoms with Crippen LogP contribution in [0.1, 0.15) is 59.9 Å². The molecule has 2 amide bonds. The smallest absolute Gasteiger partial charge is 0.411 e. The average Bonchev–Trinajstić information content (AvgIpc) is 3.27. The van der Waals surface area contributed by atoms with Crippen LogP contribution in [0.25, 0.3) is 0 Å². The SMILES string of the molecule is Cn1nc(COCC(F)(F)F)cc1C(=O)Nc1cc(C2CCC(OC(=O)NC34CC3C4)C2)[nH]n1. The Bertz CT molecular complexity index is 1090. The highest BCUT2D eigenvalue weighted by atomic mass is 19.4. The molecule has 3 aliphatic rings. The molecular formula is C21H25F3N6O4. The molecule has 2 atom stereocenters. The Hall–Kier alpha value is -3.09. The fourth-order valence-corrected chi connectivity index (χ4v) is 4.49. The van der Waals surface area contributed by atoms with Crippen molar-refractivity contribution in [2.24, 2.45) is 13.0 Å². The minimum absolute atomic E-state index is 0.0380. The maximum Gasteiger partial charge on any atom is 0.411 e. The number of nitrogens with one attached hydrogen (secondary N) is 3. The molecule has 3 N–H and O–H groups in total. The lowest BCUT2D eigenvalue weighted by molar-refractivity contribution is -0.176. The van der Waals surface area contributed by atoms with E-state index in [0.717, 1.165) is 31.4 Å². The zero-order chi connectivity index (χ0) is 24.1. The molecule has 0 bridgehead atoms. The molecule has 184 valence electrons. The summed E-state index contributed by atoms with van der Waals surface area (Å²) in [5.74, 6) is 0.580. The summed E-state index contributed by atoms with van der Waals surface area (Å²) in [4.78, 5) is 24.6. The predicted molar refractivity (Wildman–Crippen MR) is 111 cm³/mol. The normalized spacial score (nSPS) is 27.2. The van der Waals surface area contributed by atoms with E-state index in [1.165, 1.54) is 17.8 Å². The zero-order valence-electron chi connectivity index (χ0n) is 18.4. The van der Waals surface area contributed by atoms with E-state index in [1.807, 2.05) is 0 Å². The number of alkyl halides is 3. The summed E-state index contributed by atoms with van der Waals surface area (Å²) >= 11 is 0. The lowest BCUT2D eigenvalue weighted by atomic mass is 10.0. The average molecular weight is 482 g/mol. The fraction of sp³-hybridized carbons (Fsp3) is 0.619. The summed E-state index contributed by atoms with van der Waals surface area (Å²) < 4.78 is 48.1. The first-order valence-electron chi connectivity index (χ1n) is 11.1. The second-order valence-electron chi connectivity index (χ2n) is 9.34. The van der Waals surface area contributed by atoms with Gasteiger partial charge in [-0.2, -0.15) is 23.4 Å². The van der Waals surface area contributed by atoms with Gasteiger partial charge in [-0.1, -0.05) is 0 Å². The number of ether oxygens (including phenoxy) is 2. The number of halogens is 3. The van der Waals surface area contributed by atoms with Crippen molar-refractivity contribution in [2.75, 3.05) is 11.9 Å². The third-order valence-electron chi connectivity index (χ3n) is 6.65. The monoisotopic (exact) mass is 482 g/mol. The number of fused-ring (bicyclic) bond motifs is 1. The molecule has 2 aromatic rings. The largest absolute Gasteiger partial charge is 0.446 e. The molecule has 34 heavy (non-hydrogen) atoms. The second kappa shape index (κ2) is 8.29. The highest BCUT2D eigenvalue weighted by molar-refractivity contribution is 6.02. The van der Waals surface area contributed by atoms with Gasteiger partial charge >= 0.3 is 12.3 Å². The Morgan fingerprint density at radius 2 is 2.06 bits per heavy atom. The van der Waals surface area contributed by atoms with E-state index in [-0.39, 0.29) is 41.6 Å². The van der Waals surface area contributed by atoms with Gasteiger partial charge in [0.25, 0.3) is 5.91 Å². The molecule has 3 saturated carbocycles. The Labute approximate surface area is 192 Å². The molecule has 10 nitrogen and oxygen atoms in total. The fourth-order valence-electron chi connectivity index (χ4n) is 4.49. The maximum atomic E-state index is 12.6. The van der Waals surface area contributed by atoms with E-state index in [1.54, 1.807) is 6.07 Å². The molecule has 0 aromatic carbocycles. The van der Waals surface area contributed by atoms with Crippen LogP contribution in [0.5, 0.6) is 0 Å². The van der Waals surface area contributed by atoms with Crippen LogP contribution < -0.4 is 10.6 Å². The highest BCUT2D eigenvalue weighted by Crippen LogP contribution is 2.66. The van der Waals surface area contributed by atoms with Crippen molar-refractivity contribution in [3.05, 3.63) is 29.2 Å². The standard InChI is InChI=1S/C21H25F3N6O4/c1-30-16(5-13(29-30)9-33-10-21(22,23)24)18(31)25-17-6-15(27-28-17)11-2-3-14(4-11)34-19(32)26-20-7-12(20)8-20/h5-6,11-12,14H,2-4,7-10H2,1H3,(H,26,32)(H2,25,27,28,31). The van der Waals surface area contributed by atoms with Crippen LogP contribution in [0, 0.1) is 5.92 Å². The maximum absolute atomic E-state index is 12.6. The number of H-pyrrole nitrogens is 1. The summed E-state index contributed by atoms with van der Waals surface area (Å²) in [6.07, 6.45) is -0.570. The summed E-state index contributed by atoms with van der Waals surface area (Å²) in [5.41, 5.74) is 1.23. The number of alkyl carbamates (subject to hydrolysis) is 1. The molecule has 2 heterocycles. The number of nitrogens with zero attached hydrogens (tertiary/aromatic N) is 3. The topological polar surface area (TPSA) is 123 Å². The first-order chi connectivity index (χ1) is 16.1. The lowest BCUT2D eigenvalue weighted by Gasteiger charge is -2.14.